The largest absolute Gasteiger partial charge is 0.489 e. The number of benzene rings is 1. The number of likely N-dealkylation sites (tertiary alicyclic amines) is 1. The van der Waals surface area contributed by atoms with E-state index in [1.165, 1.54) is 19.0 Å². The molecule has 5 rings (SSSR count). The van der Waals surface area contributed by atoms with Crippen molar-refractivity contribution in [1.82, 2.24) is 15.2 Å². The van der Waals surface area contributed by atoms with E-state index in [1.54, 1.807) is 6.07 Å². The van der Waals surface area contributed by atoms with Crippen LogP contribution in [0.25, 0.3) is 0 Å². The number of ether oxygens (including phenoxy) is 2. The van der Waals surface area contributed by atoms with Crippen LogP contribution in [0.5, 0.6) is 11.6 Å². The Balaban J connectivity index is 1.12. The van der Waals surface area contributed by atoms with E-state index in [0.717, 1.165) is 31.5 Å². The summed E-state index contributed by atoms with van der Waals surface area (Å²) < 4.78 is 52.6. The number of alkyl halides is 2. The van der Waals surface area contributed by atoms with E-state index in [0.29, 0.717) is 30.9 Å². The topological polar surface area (TPSA) is 66.9 Å². The van der Waals surface area contributed by atoms with Crippen LogP contribution in [0.1, 0.15) is 57.1 Å². The molecule has 2 aliphatic heterocycles. The standard InChI is InChI=1S/C28H35F3N4O3/c1-19(33-27(36)34-13-4-2-3-5-14-34)20-6-8-22(9-7-20)38-23-11-15-35(17-23)24-10-12-32-26(25(24)29)37-18-21-16-28(21,30)31/h6-10,12,19,21,23H,2-5,11,13-18H2,1H3,(H,33,36)/t19-,21?,23+/m0/s1. The molecule has 10 heteroatoms. The average molecular weight is 533 g/mol. The Hall–Kier alpha value is -3.17. The predicted octanol–water partition coefficient (Wildman–Crippen LogP) is 5.56. The lowest BCUT2D eigenvalue weighted by Gasteiger charge is -2.24. The Bertz CT molecular complexity index is 1110. The number of halogens is 3. The van der Waals surface area contributed by atoms with Crippen LogP contribution in [-0.2, 0) is 0 Å². The minimum atomic E-state index is -2.72. The Morgan fingerprint density at radius 2 is 1.84 bits per heavy atom. The Kier molecular flexibility index (Phi) is 7.85. The Morgan fingerprint density at radius 3 is 2.53 bits per heavy atom. The number of urea groups is 1. The number of nitrogens with zero attached hydrogens (tertiary/aromatic N) is 3. The fourth-order valence-electron chi connectivity index (χ4n) is 5.09. The predicted molar refractivity (Wildman–Crippen MR) is 137 cm³/mol. The van der Waals surface area contributed by atoms with Crippen molar-refractivity contribution in [2.75, 3.05) is 37.7 Å². The molecule has 1 aromatic carbocycles. The maximum absolute atomic E-state index is 15.0. The fraction of sp³-hybridized carbons (Fsp3) is 0.571. The van der Waals surface area contributed by atoms with Gasteiger partial charge < -0.3 is 24.6 Å². The van der Waals surface area contributed by atoms with Crippen molar-refractivity contribution >= 4 is 11.7 Å². The molecular weight excluding hydrogens is 497 g/mol. The summed E-state index contributed by atoms with van der Waals surface area (Å²) in [5.41, 5.74) is 1.32. The Morgan fingerprint density at radius 1 is 1.13 bits per heavy atom. The number of carbonyl (C=O) groups is 1. The summed E-state index contributed by atoms with van der Waals surface area (Å²) >= 11 is 0. The first-order chi connectivity index (χ1) is 18.3. The highest BCUT2D eigenvalue weighted by Crippen LogP contribution is 2.48. The van der Waals surface area contributed by atoms with E-state index in [1.807, 2.05) is 41.0 Å². The molecular formula is C28H35F3N4O3. The molecule has 3 fully saturated rings. The second-order valence-corrected chi connectivity index (χ2v) is 10.5. The number of amides is 2. The highest BCUT2D eigenvalue weighted by atomic mass is 19.3. The fourth-order valence-corrected chi connectivity index (χ4v) is 5.09. The molecule has 2 aromatic rings. The lowest BCUT2D eigenvalue weighted by atomic mass is 10.1. The second-order valence-electron chi connectivity index (χ2n) is 10.5. The summed E-state index contributed by atoms with van der Waals surface area (Å²) in [5.74, 6) is -3.78. The van der Waals surface area contributed by atoms with Crippen LogP contribution in [0.4, 0.5) is 23.7 Å². The zero-order valence-electron chi connectivity index (χ0n) is 21.7. The summed E-state index contributed by atoms with van der Waals surface area (Å²) in [6.07, 6.45) is 6.23. The molecule has 3 atom stereocenters. The molecule has 0 radical (unpaired) electrons. The van der Waals surface area contributed by atoms with Gasteiger partial charge in [0.25, 0.3) is 11.8 Å². The van der Waals surface area contributed by atoms with Gasteiger partial charge in [0.15, 0.2) is 0 Å². The number of carbonyl (C=O) groups excluding carboxylic acids is 1. The van der Waals surface area contributed by atoms with E-state index in [4.69, 9.17) is 9.47 Å². The zero-order chi connectivity index (χ0) is 26.7. The van der Waals surface area contributed by atoms with Crippen LogP contribution < -0.4 is 19.7 Å². The molecule has 1 N–H and O–H groups in total. The molecule has 2 saturated heterocycles. The smallest absolute Gasteiger partial charge is 0.317 e. The number of nitrogens with one attached hydrogen (secondary N) is 1. The molecule has 0 bridgehead atoms. The minimum absolute atomic E-state index is 0.0202. The molecule has 0 spiro atoms. The molecule has 1 unspecified atom stereocenters. The van der Waals surface area contributed by atoms with Gasteiger partial charge in [0.05, 0.1) is 30.8 Å². The first-order valence-corrected chi connectivity index (χ1v) is 13.5. The van der Waals surface area contributed by atoms with Crippen molar-refractivity contribution in [2.24, 2.45) is 5.92 Å². The molecule has 38 heavy (non-hydrogen) atoms. The van der Waals surface area contributed by atoms with Gasteiger partial charge in [-0.2, -0.15) is 4.39 Å². The summed E-state index contributed by atoms with van der Waals surface area (Å²) in [4.78, 5) is 20.3. The van der Waals surface area contributed by atoms with Gasteiger partial charge in [0.2, 0.25) is 5.82 Å². The molecule has 7 nitrogen and oxygen atoms in total. The first kappa shape index (κ1) is 26.4. The van der Waals surface area contributed by atoms with Gasteiger partial charge in [-0.05, 0) is 43.5 Å². The van der Waals surface area contributed by atoms with Gasteiger partial charge in [-0.15, -0.1) is 0 Å². The van der Waals surface area contributed by atoms with Crippen LogP contribution in [0, 0.1) is 11.7 Å². The SMILES string of the molecule is C[C@H](NC(=O)N1CCCCCC1)c1ccc(O[C@@H]2CCN(c3ccnc(OCC4CC4(F)F)c3F)C2)cc1. The van der Waals surface area contributed by atoms with Gasteiger partial charge in [-0.1, -0.05) is 25.0 Å². The number of hydrogen-bond acceptors (Lipinski definition) is 5. The van der Waals surface area contributed by atoms with Crippen LogP contribution in [0.15, 0.2) is 36.5 Å². The van der Waals surface area contributed by atoms with Crippen molar-refractivity contribution in [3.63, 3.8) is 0 Å². The van der Waals surface area contributed by atoms with E-state index in [9.17, 15) is 13.6 Å². The third kappa shape index (κ3) is 6.27. The first-order valence-electron chi connectivity index (χ1n) is 13.5. The van der Waals surface area contributed by atoms with E-state index in [-0.39, 0.29) is 37.1 Å². The quantitative estimate of drug-likeness (QED) is 0.482. The molecule has 2 amide bonds. The van der Waals surface area contributed by atoms with Crippen molar-refractivity contribution in [3.8, 4) is 11.6 Å². The minimum Gasteiger partial charge on any atom is -0.489 e. The van der Waals surface area contributed by atoms with Crippen LogP contribution in [0.3, 0.4) is 0 Å². The maximum atomic E-state index is 15.0. The number of aromatic nitrogens is 1. The summed E-state index contributed by atoms with van der Waals surface area (Å²) in [6, 6.07) is 9.09. The van der Waals surface area contributed by atoms with Crippen molar-refractivity contribution in [3.05, 3.63) is 47.9 Å². The lowest BCUT2D eigenvalue weighted by molar-refractivity contribution is 0.0842. The third-order valence-corrected chi connectivity index (χ3v) is 7.62. The average Bonchev–Trinajstić information content (AvgIpc) is 3.42. The van der Waals surface area contributed by atoms with E-state index >= 15 is 4.39 Å². The molecule has 3 heterocycles. The number of pyridine rings is 1. The van der Waals surface area contributed by atoms with E-state index in [2.05, 4.69) is 10.3 Å². The monoisotopic (exact) mass is 532 g/mol. The molecule has 206 valence electrons. The molecule has 1 saturated carbocycles. The number of anilines is 1. The zero-order valence-corrected chi connectivity index (χ0v) is 21.7. The van der Waals surface area contributed by atoms with E-state index < -0.39 is 17.7 Å². The normalized spacial score (nSPS) is 23.5. The van der Waals surface area contributed by atoms with Crippen molar-refractivity contribution in [2.45, 2.75) is 63.5 Å². The van der Waals surface area contributed by atoms with Crippen LogP contribution in [-0.4, -0.2) is 60.7 Å². The highest BCUT2D eigenvalue weighted by molar-refractivity contribution is 5.74. The summed E-state index contributed by atoms with van der Waals surface area (Å²) in [6.45, 7) is 4.40. The molecule has 3 aliphatic rings. The molecule has 1 aliphatic carbocycles. The lowest BCUT2D eigenvalue weighted by Crippen LogP contribution is -2.41. The van der Waals surface area contributed by atoms with Crippen molar-refractivity contribution < 1.29 is 27.4 Å². The van der Waals surface area contributed by atoms with Crippen LogP contribution in [0.2, 0.25) is 0 Å². The molecule has 1 aromatic heterocycles. The second kappa shape index (κ2) is 11.3. The highest BCUT2D eigenvalue weighted by Gasteiger charge is 2.57. The summed E-state index contributed by atoms with van der Waals surface area (Å²) in [5, 5.41) is 3.09. The van der Waals surface area contributed by atoms with Crippen LogP contribution >= 0.6 is 0 Å². The Labute approximate surface area is 221 Å². The van der Waals surface area contributed by atoms with Gasteiger partial charge in [-0.3, -0.25) is 0 Å². The van der Waals surface area contributed by atoms with Crippen molar-refractivity contribution in [1.29, 1.82) is 0 Å². The maximum Gasteiger partial charge on any atom is 0.317 e. The van der Waals surface area contributed by atoms with Gasteiger partial charge in [-0.25, -0.2) is 18.6 Å². The third-order valence-electron chi connectivity index (χ3n) is 7.62. The van der Waals surface area contributed by atoms with Gasteiger partial charge in [0.1, 0.15) is 11.9 Å². The number of hydrogen-bond donors (Lipinski definition) is 1. The van der Waals surface area contributed by atoms with Gasteiger partial charge >= 0.3 is 6.03 Å². The van der Waals surface area contributed by atoms with Gasteiger partial charge in [0, 0.05) is 38.7 Å². The summed E-state index contributed by atoms with van der Waals surface area (Å²) in [7, 11) is 0. The number of rotatable bonds is 8.